The van der Waals surface area contributed by atoms with Gasteiger partial charge in [0.1, 0.15) is 5.25 Å². The van der Waals surface area contributed by atoms with E-state index in [0.29, 0.717) is 49.3 Å². The summed E-state index contributed by atoms with van der Waals surface area (Å²) in [5.41, 5.74) is -0.258. The second-order valence-electron chi connectivity index (χ2n) is 6.67. The van der Waals surface area contributed by atoms with Crippen molar-refractivity contribution < 1.29 is 22.7 Å². The number of fused-ring (bicyclic) bond motifs is 1. The van der Waals surface area contributed by atoms with Crippen LogP contribution in [0.5, 0.6) is 0 Å². The predicted molar refractivity (Wildman–Crippen MR) is 96.2 cm³/mol. The molecule has 2 aromatic rings. The van der Waals surface area contributed by atoms with Crippen LogP contribution in [0.2, 0.25) is 0 Å². The number of rotatable bonds is 4. The molecule has 150 valence electrons. The molecule has 1 aromatic heterocycles. The van der Waals surface area contributed by atoms with Gasteiger partial charge in [0.05, 0.1) is 24.8 Å². The van der Waals surface area contributed by atoms with Gasteiger partial charge in [0.2, 0.25) is 0 Å². The number of alkyl halides is 3. The molecule has 2 aliphatic heterocycles. The van der Waals surface area contributed by atoms with Gasteiger partial charge in [0.25, 0.3) is 5.91 Å². The number of aryl methyl sites for hydroxylation is 1. The molecule has 0 aliphatic carbocycles. The Morgan fingerprint density at radius 1 is 1.32 bits per heavy atom. The maximum absolute atomic E-state index is 13.2. The molecule has 0 amide bonds. The summed E-state index contributed by atoms with van der Waals surface area (Å²) in [7, 11) is 0. The van der Waals surface area contributed by atoms with Crippen LogP contribution in [-0.2, 0) is 17.3 Å². The van der Waals surface area contributed by atoms with Crippen molar-refractivity contribution in [2.24, 2.45) is 0 Å². The molecular formula is C18H19F3N4O2S. The smallest absolute Gasteiger partial charge is 0.379 e. The highest BCUT2D eigenvalue weighted by Gasteiger charge is 2.44. The first kappa shape index (κ1) is 19.4. The van der Waals surface area contributed by atoms with E-state index in [1.54, 1.807) is 6.07 Å². The fraction of sp³-hybridized carbons (Fsp3) is 0.500. The van der Waals surface area contributed by atoms with Gasteiger partial charge in [-0.25, -0.2) is 4.98 Å². The lowest BCUT2D eigenvalue weighted by molar-refractivity contribution is -0.137. The normalized spacial score (nSPS) is 21.7. The van der Waals surface area contributed by atoms with Crippen LogP contribution in [0.3, 0.4) is 0 Å². The quantitative estimate of drug-likeness (QED) is 0.769. The molecule has 0 saturated carbocycles. The van der Waals surface area contributed by atoms with Gasteiger partial charge in [-0.1, -0.05) is 30.8 Å². The van der Waals surface area contributed by atoms with E-state index in [-0.39, 0.29) is 5.91 Å². The van der Waals surface area contributed by atoms with Crippen molar-refractivity contribution in [1.82, 2.24) is 19.7 Å². The molecule has 1 saturated heterocycles. The summed E-state index contributed by atoms with van der Waals surface area (Å²) in [4.78, 5) is 19.4. The summed E-state index contributed by atoms with van der Waals surface area (Å²) in [5, 5.41) is 4.12. The maximum Gasteiger partial charge on any atom is 0.416 e. The van der Waals surface area contributed by atoms with E-state index in [0.717, 1.165) is 12.1 Å². The first-order valence-electron chi connectivity index (χ1n) is 9.04. The Kier molecular flexibility index (Phi) is 5.19. The van der Waals surface area contributed by atoms with Crippen molar-refractivity contribution in [2.45, 2.75) is 36.0 Å². The second kappa shape index (κ2) is 7.49. The second-order valence-corrected chi connectivity index (χ2v) is 7.78. The summed E-state index contributed by atoms with van der Waals surface area (Å²) >= 11 is 1.27. The van der Waals surface area contributed by atoms with Crippen LogP contribution in [0.15, 0.2) is 29.4 Å². The molecule has 28 heavy (non-hydrogen) atoms. The zero-order valence-electron chi connectivity index (χ0n) is 15.1. The van der Waals surface area contributed by atoms with Crippen molar-refractivity contribution in [3.05, 3.63) is 41.2 Å². The molecule has 2 atom stereocenters. The van der Waals surface area contributed by atoms with Gasteiger partial charge < -0.3 is 4.74 Å². The van der Waals surface area contributed by atoms with E-state index in [1.165, 1.54) is 22.5 Å². The minimum absolute atomic E-state index is 0.249. The van der Waals surface area contributed by atoms with Crippen molar-refractivity contribution >= 4 is 17.7 Å². The Balaban J connectivity index is 1.71. The number of thioether (sulfide) groups is 1. The standard InChI is InChI=1S/C18H19F3N4O2S/c1-2-13-22-17-25(23-13)16(26)15(28-17)14(24-6-8-27-9-7-24)11-4-3-5-12(10-11)18(19,20)21/h3-5,10,14-15H,2,6-9H2,1H3. The fourth-order valence-corrected chi connectivity index (χ4v) is 4.80. The van der Waals surface area contributed by atoms with Gasteiger partial charge in [-0.3, -0.25) is 9.69 Å². The van der Waals surface area contributed by atoms with Crippen molar-refractivity contribution in [3.63, 3.8) is 0 Å². The molecule has 0 radical (unpaired) electrons. The van der Waals surface area contributed by atoms with E-state index in [2.05, 4.69) is 10.1 Å². The molecule has 1 aromatic carbocycles. The summed E-state index contributed by atoms with van der Waals surface area (Å²) in [5.74, 6) is 0.331. The number of hydrogen-bond acceptors (Lipinski definition) is 6. The lowest BCUT2D eigenvalue weighted by Crippen LogP contribution is -2.44. The van der Waals surface area contributed by atoms with Crippen LogP contribution in [0.1, 0.15) is 34.7 Å². The molecule has 2 unspecified atom stereocenters. The molecule has 4 rings (SSSR count). The lowest BCUT2D eigenvalue weighted by Gasteiger charge is -2.37. The highest BCUT2D eigenvalue weighted by molar-refractivity contribution is 8.00. The van der Waals surface area contributed by atoms with Gasteiger partial charge in [-0.05, 0) is 17.7 Å². The van der Waals surface area contributed by atoms with E-state index in [4.69, 9.17) is 4.74 Å². The van der Waals surface area contributed by atoms with Crippen LogP contribution in [0.4, 0.5) is 13.2 Å². The van der Waals surface area contributed by atoms with Crippen LogP contribution in [0.25, 0.3) is 0 Å². The molecular weight excluding hydrogens is 393 g/mol. The van der Waals surface area contributed by atoms with Crippen LogP contribution in [0, 0.1) is 0 Å². The van der Waals surface area contributed by atoms with E-state index < -0.39 is 23.0 Å². The number of ether oxygens (including phenoxy) is 1. The Labute approximate surface area is 164 Å². The van der Waals surface area contributed by atoms with Crippen molar-refractivity contribution in [3.8, 4) is 0 Å². The fourth-order valence-electron chi connectivity index (χ4n) is 3.52. The van der Waals surface area contributed by atoms with E-state index in [1.807, 2.05) is 11.8 Å². The Morgan fingerprint density at radius 3 is 2.71 bits per heavy atom. The average Bonchev–Trinajstić information content (AvgIpc) is 3.22. The van der Waals surface area contributed by atoms with Gasteiger partial charge in [-0.15, -0.1) is 5.10 Å². The summed E-state index contributed by atoms with van der Waals surface area (Å²) in [6.45, 7) is 3.94. The number of carbonyl (C=O) groups is 1. The third-order valence-electron chi connectivity index (χ3n) is 4.90. The third-order valence-corrected chi connectivity index (χ3v) is 6.09. The molecule has 10 heteroatoms. The predicted octanol–water partition coefficient (Wildman–Crippen LogP) is 3.05. The zero-order valence-corrected chi connectivity index (χ0v) is 16.0. The van der Waals surface area contributed by atoms with Gasteiger partial charge >= 0.3 is 6.18 Å². The number of halogens is 3. The third kappa shape index (κ3) is 3.56. The molecule has 1 fully saturated rings. The van der Waals surface area contributed by atoms with Crippen LogP contribution >= 0.6 is 11.8 Å². The number of aromatic nitrogens is 3. The minimum atomic E-state index is -4.44. The number of benzene rings is 1. The molecule has 0 bridgehead atoms. The molecule has 6 nitrogen and oxygen atoms in total. The van der Waals surface area contributed by atoms with Gasteiger partial charge in [-0.2, -0.15) is 17.9 Å². The van der Waals surface area contributed by atoms with Crippen LogP contribution < -0.4 is 0 Å². The SMILES string of the molecule is CCc1nc2n(n1)C(=O)C(C(c1cccc(C(F)(F)F)c1)N1CCOCC1)S2. The summed E-state index contributed by atoms with van der Waals surface area (Å²) in [6.07, 6.45) is -3.83. The maximum atomic E-state index is 13.2. The van der Waals surface area contributed by atoms with E-state index >= 15 is 0 Å². The Morgan fingerprint density at radius 2 is 2.07 bits per heavy atom. The highest BCUT2D eigenvalue weighted by Crippen LogP contribution is 2.42. The highest BCUT2D eigenvalue weighted by atomic mass is 32.2. The largest absolute Gasteiger partial charge is 0.416 e. The van der Waals surface area contributed by atoms with Crippen LogP contribution in [-0.4, -0.2) is 57.1 Å². The zero-order chi connectivity index (χ0) is 19.9. The summed E-state index contributed by atoms with van der Waals surface area (Å²) in [6, 6.07) is 4.71. The number of nitrogens with zero attached hydrogens (tertiary/aromatic N) is 4. The van der Waals surface area contributed by atoms with Gasteiger partial charge in [0.15, 0.2) is 11.0 Å². The minimum Gasteiger partial charge on any atom is -0.379 e. The first-order valence-corrected chi connectivity index (χ1v) is 9.92. The topological polar surface area (TPSA) is 60.2 Å². The Bertz CT molecular complexity index is 880. The summed E-state index contributed by atoms with van der Waals surface area (Å²) < 4.78 is 46.4. The molecule has 3 heterocycles. The van der Waals surface area contributed by atoms with Gasteiger partial charge in [0, 0.05) is 19.5 Å². The Hall–Kier alpha value is -1.91. The molecule has 2 aliphatic rings. The average molecular weight is 412 g/mol. The monoisotopic (exact) mass is 412 g/mol. The molecule has 0 spiro atoms. The van der Waals surface area contributed by atoms with Crippen molar-refractivity contribution in [1.29, 1.82) is 0 Å². The number of morpholine rings is 1. The number of carbonyl (C=O) groups excluding carboxylic acids is 1. The number of hydrogen-bond donors (Lipinski definition) is 0. The van der Waals surface area contributed by atoms with E-state index in [9.17, 15) is 18.0 Å². The first-order chi connectivity index (χ1) is 13.4. The molecule has 0 N–H and O–H groups in total. The van der Waals surface area contributed by atoms with Crippen molar-refractivity contribution in [2.75, 3.05) is 26.3 Å². The lowest BCUT2D eigenvalue weighted by atomic mass is 9.98.